The van der Waals surface area contributed by atoms with Gasteiger partial charge in [0.1, 0.15) is 0 Å². The Morgan fingerprint density at radius 2 is 1.04 bits per heavy atom. The molecule has 8 aromatic carbocycles. The Balaban J connectivity index is 1.21. The summed E-state index contributed by atoms with van der Waals surface area (Å²) in [5.74, 6) is 0.712. The van der Waals surface area contributed by atoms with Crippen molar-refractivity contribution in [1.29, 1.82) is 0 Å². The van der Waals surface area contributed by atoms with E-state index < -0.39 is 0 Å². The monoisotopic (exact) mass is 732 g/mol. The van der Waals surface area contributed by atoms with Crippen LogP contribution in [0.25, 0.3) is 98.2 Å². The molecule has 1 aliphatic carbocycles. The summed E-state index contributed by atoms with van der Waals surface area (Å²) >= 11 is 1.87. The van der Waals surface area contributed by atoms with Crippen molar-refractivity contribution in [3.05, 3.63) is 193 Å². The lowest BCUT2D eigenvalue weighted by atomic mass is 9.82. The molecule has 11 rings (SSSR count). The highest BCUT2D eigenvalue weighted by atomic mass is 32.1. The molecule has 1 aliphatic rings. The summed E-state index contributed by atoms with van der Waals surface area (Å²) in [5.41, 5.74) is 14.8. The minimum absolute atomic E-state index is 0.116. The quantitative estimate of drug-likeness (QED) is 0.176. The minimum atomic E-state index is -0.116. The number of thiophene rings is 1. The van der Waals surface area contributed by atoms with Gasteiger partial charge in [0, 0.05) is 42.3 Å². The Labute approximate surface area is 330 Å². The third-order valence-corrected chi connectivity index (χ3v) is 12.8. The molecule has 0 saturated heterocycles. The van der Waals surface area contributed by atoms with Gasteiger partial charge in [-0.2, -0.15) is 0 Å². The summed E-state index contributed by atoms with van der Waals surface area (Å²) in [6, 6.07) is 65.9. The number of hydrogen-bond acceptors (Lipinski definition) is 3. The van der Waals surface area contributed by atoms with Crippen LogP contribution in [0.5, 0.6) is 0 Å². The molecule has 0 atom stereocenters. The van der Waals surface area contributed by atoms with Crippen LogP contribution in [0.2, 0.25) is 0 Å². The van der Waals surface area contributed by atoms with Crippen LogP contribution in [-0.4, -0.2) is 9.97 Å². The fourth-order valence-electron chi connectivity index (χ4n) is 8.98. The first-order valence-electron chi connectivity index (χ1n) is 19.2. The Morgan fingerprint density at radius 3 is 1.88 bits per heavy atom. The maximum atomic E-state index is 5.39. The van der Waals surface area contributed by atoms with Crippen LogP contribution in [-0.2, 0) is 5.41 Å². The molecule has 0 bridgehead atoms. The van der Waals surface area contributed by atoms with Crippen LogP contribution < -0.4 is 0 Å². The summed E-state index contributed by atoms with van der Waals surface area (Å²) in [4.78, 5) is 10.7. The second-order valence-corrected chi connectivity index (χ2v) is 16.4. The van der Waals surface area contributed by atoms with Gasteiger partial charge in [0.15, 0.2) is 5.82 Å². The van der Waals surface area contributed by atoms with Gasteiger partial charge in [-0.15, -0.1) is 11.3 Å². The van der Waals surface area contributed by atoms with Crippen molar-refractivity contribution in [2.45, 2.75) is 19.3 Å². The maximum absolute atomic E-state index is 5.39. The molecule has 3 heteroatoms. The third-order valence-electron chi connectivity index (χ3n) is 11.7. The van der Waals surface area contributed by atoms with E-state index in [0.29, 0.717) is 5.82 Å². The molecule has 0 spiro atoms. The number of rotatable bonds is 5. The van der Waals surface area contributed by atoms with E-state index >= 15 is 0 Å². The topological polar surface area (TPSA) is 25.8 Å². The lowest BCUT2D eigenvalue weighted by Crippen LogP contribution is -2.14. The van der Waals surface area contributed by atoms with E-state index in [4.69, 9.17) is 9.97 Å². The SMILES string of the molecule is CC1(C)c2ccccc2-c2c(-c3cc(-c4cc(-c5ccccc5)cc(-c5c6ccccc6cc6sc7ccccc7c56)c4)nc(-c4ccccc4)n3)cccc21. The summed E-state index contributed by atoms with van der Waals surface area (Å²) in [5, 5.41) is 5.07. The normalized spacial score (nSPS) is 13.0. The highest BCUT2D eigenvalue weighted by Crippen LogP contribution is 2.52. The molecule has 0 saturated carbocycles. The lowest BCUT2D eigenvalue weighted by Gasteiger charge is -2.21. The molecule has 0 N–H and O–H groups in total. The van der Waals surface area contributed by atoms with Crippen molar-refractivity contribution in [1.82, 2.24) is 9.97 Å². The predicted octanol–water partition coefficient (Wildman–Crippen LogP) is 14.6. The van der Waals surface area contributed by atoms with Gasteiger partial charge in [-0.1, -0.05) is 159 Å². The molecular weight excluding hydrogens is 697 g/mol. The number of hydrogen-bond donors (Lipinski definition) is 0. The molecule has 0 fully saturated rings. The number of fused-ring (bicyclic) bond motifs is 7. The molecular formula is C53H36N2S. The third kappa shape index (κ3) is 5.16. The van der Waals surface area contributed by atoms with E-state index in [1.807, 2.05) is 17.4 Å². The fraction of sp³-hybridized carbons (Fsp3) is 0.0566. The highest BCUT2D eigenvalue weighted by molar-refractivity contribution is 7.26. The van der Waals surface area contributed by atoms with Crippen LogP contribution in [0, 0.1) is 0 Å². The van der Waals surface area contributed by atoms with Crippen LogP contribution in [0.1, 0.15) is 25.0 Å². The van der Waals surface area contributed by atoms with E-state index in [2.05, 4.69) is 190 Å². The fourth-order valence-corrected chi connectivity index (χ4v) is 10.1. The van der Waals surface area contributed by atoms with Gasteiger partial charge >= 0.3 is 0 Å². The first-order chi connectivity index (χ1) is 27.5. The predicted molar refractivity (Wildman–Crippen MR) is 237 cm³/mol. The number of benzene rings is 8. The zero-order valence-corrected chi connectivity index (χ0v) is 31.9. The Morgan fingerprint density at radius 1 is 0.411 bits per heavy atom. The van der Waals surface area contributed by atoms with E-state index in [-0.39, 0.29) is 5.41 Å². The molecule has 0 radical (unpaired) electrons. The summed E-state index contributed by atoms with van der Waals surface area (Å²) in [7, 11) is 0. The number of aromatic nitrogens is 2. The summed E-state index contributed by atoms with van der Waals surface area (Å²) in [6.07, 6.45) is 0. The van der Waals surface area contributed by atoms with Crippen molar-refractivity contribution in [2.24, 2.45) is 0 Å². The average Bonchev–Trinajstić information content (AvgIpc) is 3.74. The molecule has 0 aliphatic heterocycles. The van der Waals surface area contributed by atoms with Gasteiger partial charge < -0.3 is 0 Å². The zero-order chi connectivity index (χ0) is 37.4. The summed E-state index contributed by atoms with van der Waals surface area (Å²) < 4.78 is 2.59. The molecule has 264 valence electrons. The molecule has 10 aromatic rings. The van der Waals surface area contributed by atoms with Crippen molar-refractivity contribution >= 4 is 42.3 Å². The van der Waals surface area contributed by atoms with E-state index in [9.17, 15) is 0 Å². The van der Waals surface area contributed by atoms with Crippen LogP contribution in [0.3, 0.4) is 0 Å². The van der Waals surface area contributed by atoms with Gasteiger partial charge in [0.25, 0.3) is 0 Å². The van der Waals surface area contributed by atoms with E-state index in [0.717, 1.165) is 33.6 Å². The largest absolute Gasteiger partial charge is 0.228 e. The maximum Gasteiger partial charge on any atom is 0.160 e. The Hall–Kier alpha value is -6.68. The van der Waals surface area contributed by atoms with Crippen LogP contribution >= 0.6 is 11.3 Å². The van der Waals surface area contributed by atoms with Crippen LogP contribution in [0.15, 0.2) is 182 Å². The second kappa shape index (κ2) is 12.7. The molecule has 0 unspecified atom stereocenters. The van der Waals surface area contributed by atoms with Gasteiger partial charge in [-0.05, 0) is 91.7 Å². The molecule has 56 heavy (non-hydrogen) atoms. The smallest absolute Gasteiger partial charge is 0.160 e. The number of nitrogens with zero attached hydrogens (tertiary/aromatic N) is 2. The average molecular weight is 733 g/mol. The molecule has 2 heterocycles. The Bertz CT molecular complexity index is 3160. The van der Waals surface area contributed by atoms with Crippen LogP contribution in [0.4, 0.5) is 0 Å². The van der Waals surface area contributed by atoms with Gasteiger partial charge in [0.2, 0.25) is 0 Å². The summed E-state index contributed by atoms with van der Waals surface area (Å²) in [6.45, 7) is 4.67. The van der Waals surface area contributed by atoms with Crippen molar-refractivity contribution < 1.29 is 0 Å². The van der Waals surface area contributed by atoms with E-state index in [1.54, 1.807) is 0 Å². The molecule has 0 amide bonds. The van der Waals surface area contributed by atoms with Crippen molar-refractivity contribution in [3.63, 3.8) is 0 Å². The van der Waals surface area contributed by atoms with E-state index in [1.165, 1.54) is 69.9 Å². The second-order valence-electron chi connectivity index (χ2n) is 15.3. The van der Waals surface area contributed by atoms with Gasteiger partial charge in [-0.3, -0.25) is 0 Å². The van der Waals surface area contributed by atoms with Gasteiger partial charge in [0.05, 0.1) is 11.4 Å². The first kappa shape index (κ1) is 32.7. The minimum Gasteiger partial charge on any atom is -0.228 e. The first-order valence-corrected chi connectivity index (χ1v) is 20.1. The molecule has 2 nitrogen and oxygen atoms in total. The molecule has 2 aromatic heterocycles. The lowest BCUT2D eigenvalue weighted by molar-refractivity contribution is 0.660. The van der Waals surface area contributed by atoms with Gasteiger partial charge in [-0.25, -0.2) is 9.97 Å². The zero-order valence-electron chi connectivity index (χ0n) is 31.1. The van der Waals surface area contributed by atoms with Crippen molar-refractivity contribution in [3.8, 4) is 67.3 Å². The van der Waals surface area contributed by atoms with Crippen molar-refractivity contribution in [2.75, 3.05) is 0 Å². The standard InChI is InChI=1S/C53H36N2S/c1-53(2)43-25-13-11-22-40(43)50-41(24-15-26-44(50)53)46-32-45(54-52(55-46)34-18-7-4-8-19-34)37-28-36(33-16-5-3-6-17-33)29-38(30-37)49-39-21-10-9-20-35(39)31-48-51(49)42-23-12-14-27-47(42)56-48/h3-32H,1-2H3. The Kier molecular flexibility index (Phi) is 7.42. The highest BCUT2D eigenvalue weighted by Gasteiger charge is 2.36.